The summed E-state index contributed by atoms with van der Waals surface area (Å²) in [6.45, 7) is 2.07. The lowest BCUT2D eigenvalue weighted by atomic mass is 9.92. The molecule has 1 saturated heterocycles. The highest BCUT2D eigenvalue weighted by Gasteiger charge is 2.49. The Kier molecular flexibility index (Phi) is 4.28. The number of amides is 2. The molecule has 2 unspecified atom stereocenters. The van der Waals surface area contributed by atoms with Gasteiger partial charge in [-0.25, -0.2) is 4.79 Å². The van der Waals surface area contributed by atoms with Crippen LogP contribution in [-0.2, 0) is 14.4 Å². The van der Waals surface area contributed by atoms with E-state index >= 15 is 0 Å². The van der Waals surface area contributed by atoms with Gasteiger partial charge in [0.25, 0.3) is 0 Å². The van der Waals surface area contributed by atoms with Gasteiger partial charge in [0, 0.05) is 6.54 Å². The Morgan fingerprint density at radius 1 is 1.44 bits per heavy atom. The third-order valence-electron chi connectivity index (χ3n) is 3.48. The topological polar surface area (TPSA) is 127 Å². The van der Waals surface area contributed by atoms with E-state index in [1.54, 1.807) is 6.92 Å². The minimum atomic E-state index is -1.19. The van der Waals surface area contributed by atoms with E-state index in [-0.39, 0.29) is 6.42 Å². The first-order valence-electron chi connectivity index (χ1n) is 5.94. The number of aliphatic carboxylic acids is 1. The molecule has 0 aromatic heterocycles. The molecular formula is C11H19N3O4. The van der Waals surface area contributed by atoms with Crippen LogP contribution in [0.15, 0.2) is 0 Å². The zero-order valence-electron chi connectivity index (χ0n) is 10.4. The lowest BCUT2D eigenvalue weighted by molar-refractivity contribution is -0.157. The van der Waals surface area contributed by atoms with Gasteiger partial charge in [0.2, 0.25) is 11.8 Å². The summed E-state index contributed by atoms with van der Waals surface area (Å²) < 4.78 is 0. The van der Waals surface area contributed by atoms with Gasteiger partial charge in [-0.2, -0.15) is 0 Å². The highest BCUT2D eigenvalue weighted by Crippen LogP contribution is 2.33. The Labute approximate surface area is 105 Å². The molecule has 0 aromatic rings. The fourth-order valence-corrected chi connectivity index (χ4v) is 2.45. The molecule has 1 fully saturated rings. The van der Waals surface area contributed by atoms with Gasteiger partial charge in [-0.1, -0.05) is 6.92 Å². The average molecular weight is 257 g/mol. The summed E-state index contributed by atoms with van der Waals surface area (Å²) in [7, 11) is 0. The third-order valence-corrected chi connectivity index (χ3v) is 3.48. The van der Waals surface area contributed by atoms with Crippen LogP contribution in [0.1, 0.15) is 32.6 Å². The third kappa shape index (κ3) is 2.45. The normalized spacial score (nSPS) is 24.9. The van der Waals surface area contributed by atoms with Crippen molar-refractivity contribution in [3.63, 3.8) is 0 Å². The van der Waals surface area contributed by atoms with E-state index in [0.29, 0.717) is 25.8 Å². The molecule has 0 radical (unpaired) electrons. The number of carboxylic acid groups (broad SMARTS) is 1. The Morgan fingerprint density at radius 3 is 2.50 bits per heavy atom. The van der Waals surface area contributed by atoms with Crippen molar-refractivity contribution in [2.75, 3.05) is 6.54 Å². The molecule has 1 aliphatic heterocycles. The summed E-state index contributed by atoms with van der Waals surface area (Å²) in [6.07, 6.45) is 1.08. The fraction of sp³-hybridized carbons (Fsp3) is 0.727. The quantitative estimate of drug-likeness (QED) is 0.585. The van der Waals surface area contributed by atoms with Crippen molar-refractivity contribution in [1.29, 1.82) is 0 Å². The van der Waals surface area contributed by atoms with Gasteiger partial charge in [-0.3, -0.25) is 9.59 Å². The molecule has 1 heterocycles. The zero-order chi connectivity index (χ0) is 13.9. The predicted molar refractivity (Wildman–Crippen MR) is 63.4 cm³/mol. The molecule has 5 N–H and O–H groups in total. The minimum absolute atomic E-state index is 0.269. The maximum absolute atomic E-state index is 12.1. The highest BCUT2D eigenvalue weighted by atomic mass is 16.4. The van der Waals surface area contributed by atoms with Gasteiger partial charge >= 0.3 is 5.97 Å². The standard InChI is InChI=1S/C11H19N3O4/c1-2-11(10(17)18)4-3-5-14(11)9(16)7(12)6-8(13)15/h7H,2-6,12H2,1H3,(H2,13,15)(H,17,18). The molecule has 0 aliphatic carbocycles. The molecule has 7 heteroatoms. The van der Waals surface area contributed by atoms with E-state index in [9.17, 15) is 19.5 Å². The van der Waals surface area contributed by atoms with Crippen molar-refractivity contribution in [3.05, 3.63) is 0 Å². The number of hydrogen-bond donors (Lipinski definition) is 3. The lowest BCUT2D eigenvalue weighted by Crippen LogP contribution is -2.57. The van der Waals surface area contributed by atoms with Crippen LogP contribution in [0.3, 0.4) is 0 Å². The summed E-state index contributed by atoms with van der Waals surface area (Å²) in [5, 5.41) is 9.32. The maximum Gasteiger partial charge on any atom is 0.329 e. The van der Waals surface area contributed by atoms with E-state index in [1.807, 2.05) is 0 Å². The number of nitrogens with zero attached hydrogens (tertiary/aromatic N) is 1. The number of rotatable bonds is 5. The van der Waals surface area contributed by atoms with Gasteiger partial charge in [-0.05, 0) is 19.3 Å². The smallest absolute Gasteiger partial charge is 0.329 e. The van der Waals surface area contributed by atoms with Gasteiger partial charge in [0.15, 0.2) is 0 Å². The van der Waals surface area contributed by atoms with Crippen LogP contribution >= 0.6 is 0 Å². The number of hydrogen-bond acceptors (Lipinski definition) is 4. The van der Waals surface area contributed by atoms with Crippen LogP contribution < -0.4 is 11.5 Å². The van der Waals surface area contributed by atoms with E-state index in [1.165, 1.54) is 4.90 Å². The van der Waals surface area contributed by atoms with Crippen LogP contribution in [0, 0.1) is 0 Å². The lowest BCUT2D eigenvalue weighted by Gasteiger charge is -2.35. The van der Waals surface area contributed by atoms with Gasteiger partial charge in [-0.15, -0.1) is 0 Å². The molecule has 7 nitrogen and oxygen atoms in total. The van der Waals surface area contributed by atoms with Crippen molar-refractivity contribution < 1.29 is 19.5 Å². The van der Waals surface area contributed by atoms with Crippen molar-refractivity contribution in [2.45, 2.75) is 44.2 Å². The molecule has 1 rings (SSSR count). The van der Waals surface area contributed by atoms with Crippen molar-refractivity contribution in [3.8, 4) is 0 Å². The summed E-state index contributed by atoms with van der Waals surface area (Å²) in [6, 6.07) is -1.06. The first-order chi connectivity index (χ1) is 8.35. The fourth-order valence-electron chi connectivity index (χ4n) is 2.45. The van der Waals surface area contributed by atoms with Crippen molar-refractivity contribution >= 4 is 17.8 Å². The predicted octanol–water partition coefficient (Wildman–Crippen LogP) is -0.955. The number of carbonyl (C=O) groups excluding carboxylic acids is 2. The minimum Gasteiger partial charge on any atom is -0.479 e. The summed E-state index contributed by atoms with van der Waals surface area (Å²) in [5.41, 5.74) is 9.38. The zero-order valence-corrected chi connectivity index (χ0v) is 10.4. The second-order valence-electron chi connectivity index (χ2n) is 4.56. The first kappa shape index (κ1) is 14.4. The number of nitrogens with two attached hydrogens (primary N) is 2. The Balaban J connectivity index is 2.90. The van der Waals surface area contributed by atoms with E-state index in [4.69, 9.17) is 11.5 Å². The molecule has 1 aliphatic rings. The number of carbonyl (C=O) groups is 3. The second-order valence-corrected chi connectivity index (χ2v) is 4.56. The number of primary amides is 1. The van der Waals surface area contributed by atoms with Crippen LogP contribution in [0.5, 0.6) is 0 Å². The van der Waals surface area contributed by atoms with E-state index < -0.39 is 29.4 Å². The maximum atomic E-state index is 12.1. The van der Waals surface area contributed by atoms with Crippen molar-refractivity contribution in [1.82, 2.24) is 4.90 Å². The Hall–Kier alpha value is -1.63. The SMILES string of the molecule is CCC1(C(=O)O)CCCN1C(=O)C(N)CC(N)=O. The number of likely N-dealkylation sites (tertiary alicyclic amines) is 1. The molecule has 0 spiro atoms. The number of carboxylic acids is 1. The largest absolute Gasteiger partial charge is 0.479 e. The molecule has 0 aromatic carbocycles. The summed E-state index contributed by atoms with van der Waals surface area (Å²) in [5.74, 6) is -2.22. The van der Waals surface area contributed by atoms with Crippen LogP contribution in [0.4, 0.5) is 0 Å². The summed E-state index contributed by atoms with van der Waals surface area (Å²) in [4.78, 5) is 35.5. The molecular weight excluding hydrogens is 238 g/mol. The molecule has 0 bridgehead atoms. The molecule has 0 saturated carbocycles. The molecule has 2 amide bonds. The van der Waals surface area contributed by atoms with Crippen LogP contribution in [0.25, 0.3) is 0 Å². The first-order valence-corrected chi connectivity index (χ1v) is 5.94. The van der Waals surface area contributed by atoms with Crippen molar-refractivity contribution in [2.24, 2.45) is 11.5 Å². The Morgan fingerprint density at radius 2 is 2.06 bits per heavy atom. The molecule has 102 valence electrons. The molecule has 2 atom stereocenters. The highest BCUT2D eigenvalue weighted by molar-refractivity contribution is 5.92. The Bertz CT molecular complexity index is 371. The average Bonchev–Trinajstić information content (AvgIpc) is 2.71. The second kappa shape index (κ2) is 5.34. The van der Waals surface area contributed by atoms with Gasteiger partial charge in [0.05, 0.1) is 12.5 Å². The van der Waals surface area contributed by atoms with Crippen LogP contribution in [0.2, 0.25) is 0 Å². The molecule has 18 heavy (non-hydrogen) atoms. The van der Waals surface area contributed by atoms with E-state index in [2.05, 4.69) is 0 Å². The monoisotopic (exact) mass is 257 g/mol. The van der Waals surface area contributed by atoms with E-state index in [0.717, 1.165) is 0 Å². The van der Waals surface area contributed by atoms with Gasteiger partial charge in [0.1, 0.15) is 5.54 Å². The van der Waals surface area contributed by atoms with Crippen LogP contribution in [-0.4, -0.2) is 45.9 Å². The summed E-state index contributed by atoms with van der Waals surface area (Å²) >= 11 is 0. The van der Waals surface area contributed by atoms with Gasteiger partial charge < -0.3 is 21.5 Å².